The minimum atomic E-state index is 1.04. The number of aryl methyl sites for hydroxylation is 1. The third kappa shape index (κ3) is 5.34. The number of H-pyrrole nitrogens is 1. The summed E-state index contributed by atoms with van der Waals surface area (Å²) < 4.78 is 2.34. The van der Waals surface area contributed by atoms with Crippen LogP contribution in [0.5, 0.6) is 0 Å². The number of nitrogens with one attached hydrogen (secondary N) is 1. The van der Waals surface area contributed by atoms with E-state index in [9.17, 15) is 0 Å². The van der Waals surface area contributed by atoms with E-state index in [2.05, 4.69) is 182 Å². The molecule has 1 aliphatic carbocycles. The molecule has 0 fully saturated rings. The predicted octanol–water partition coefficient (Wildman–Crippen LogP) is 13.9. The summed E-state index contributed by atoms with van der Waals surface area (Å²) in [7, 11) is 0. The van der Waals surface area contributed by atoms with Gasteiger partial charge in [0, 0.05) is 22.7 Å². The molecule has 1 aliphatic rings. The Morgan fingerprint density at radius 1 is 0.731 bits per heavy atom. The van der Waals surface area contributed by atoms with Crippen molar-refractivity contribution in [2.45, 2.75) is 40.0 Å². The topological polar surface area (TPSA) is 20.7 Å². The van der Waals surface area contributed by atoms with Gasteiger partial charge in [0.15, 0.2) is 0 Å². The zero-order chi connectivity index (χ0) is 35.2. The second-order valence-corrected chi connectivity index (χ2v) is 14.1. The number of allylic oxidation sites excluding steroid dienone is 5. The van der Waals surface area contributed by atoms with Crippen LogP contribution < -0.4 is 0 Å². The number of rotatable bonds is 7. The van der Waals surface area contributed by atoms with Gasteiger partial charge in [-0.15, -0.1) is 0 Å². The van der Waals surface area contributed by atoms with Gasteiger partial charge in [-0.1, -0.05) is 134 Å². The SMILES string of the molecule is CC/C=C\C=C(/C)c1c2c(c(-c3ccc(-c4ccc(-c5ccc6c7cc[nH]c7n(-c7ccccc7)c6c5)cc4C)cc3)c3ccccc13)C=CCC2. The standard InChI is InChI=1S/C50H42N2/c1-4-5-7-14-33(2)48-42-17-10-12-19-44(42)49(45-20-13-11-18-43(45)48)36-23-21-35(22-24-36)40-27-25-37(31-34(40)3)38-26-28-41-46-29-30-51-50(46)52(47(41)32-38)39-15-8-6-9-16-39/h5-10,12-17,19-32,51H,4,11,18H2,1-3H3/b7-5-,33-14+. The molecule has 1 N–H and O–H groups in total. The van der Waals surface area contributed by atoms with Crippen LogP contribution in [-0.4, -0.2) is 9.55 Å². The normalized spacial score (nSPS) is 13.2. The van der Waals surface area contributed by atoms with E-state index in [1.165, 1.54) is 88.3 Å². The average molecular weight is 671 g/mol. The van der Waals surface area contributed by atoms with Crippen molar-refractivity contribution in [1.82, 2.24) is 9.55 Å². The molecule has 0 spiro atoms. The Hall–Kier alpha value is -6.12. The van der Waals surface area contributed by atoms with Crippen LogP contribution >= 0.6 is 0 Å². The van der Waals surface area contributed by atoms with Crippen LogP contribution in [0, 0.1) is 6.92 Å². The van der Waals surface area contributed by atoms with E-state index in [1.54, 1.807) is 0 Å². The van der Waals surface area contributed by atoms with E-state index >= 15 is 0 Å². The van der Waals surface area contributed by atoms with E-state index in [0.29, 0.717) is 0 Å². The summed E-state index contributed by atoms with van der Waals surface area (Å²) in [5.41, 5.74) is 17.9. The van der Waals surface area contributed by atoms with Gasteiger partial charge in [-0.2, -0.15) is 0 Å². The number of nitrogens with zero attached hydrogens (tertiary/aromatic N) is 1. The molecule has 8 aromatic rings. The minimum Gasteiger partial charge on any atom is -0.347 e. The van der Waals surface area contributed by atoms with Gasteiger partial charge in [-0.05, 0) is 129 Å². The molecule has 6 aromatic carbocycles. The van der Waals surface area contributed by atoms with Crippen molar-refractivity contribution in [1.29, 1.82) is 0 Å². The molecule has 0 atom stereocenters. The Bertz CT molecular complexity index is 2710. The van der Waals surface area contributed by atoms with Crippen molar-refractivity contribution in [2.75, 3.05) is 0 Å². The number of aromatic nitrogens is 2. The van der Waals surface area contributed by atoms with E-state index in [1.807, 2.05) is 6.20 Å². The van der Waals surface area contributed by atoms with E-state index in [-0.39, 0.29) is 0 Å². The number of hydrogen-bond donors (Lipinski definition) is 1. The zero-order valence-electron chi connectivity index (χ0n) is 30.1. The third-order valence-corrected chi connectivity index (χ3v) is 10.9. The van der Waals surface area contributed by atoms with Crippen LogP contribution in [0.1, 0.15) is 48.9 Å². The molecule has 0 unspecified atom stereocenters. The molecule has 0 saturated carbocycles. The van der Waals surface area contributed by atoms with Crippen LogP contribution in [0.3, 0.4) is 0 Å². The van der Waals surface area contributed by atoms with Gasteiger partial charge in [-0.3, -0.25) is 4.57 Å². The quantitative estimate of drug-likeness (QED) is 0.163. The molecule has 9 rings (SSSR count). The average Bonchev–Trinajstić information content (AvgIpc) is 3.78. The highest BCUT2D eigenvalue weighted by atomic mass is 15.0. The Morgan fingerprint density at radius 3 is 2.27 bits per heavy atom. The summed E-state index contributed by atoms with van der Waals surface area (Å²) in [6.45, 7) is 6.69. The molecule has 0 aliphatic heterocycles. The summed E-state index contributed by atoms with van der Waals surface area (Å²) in [5, 5.41) is 5.16. The highest BCUT2D eigenvalue weighted by Crippen LogP contribution is 2.43. The van der Waals surface area contributed by atoms with Gasteiger partial charge in [0.1, 0.15) is 5.65 Å². The van der Waals surface area contributed by atoms with Gasteiger partial charge in [0.25, 0.3) is 0 Å². The van der Waals surface area contributed by atoms with Crippen molar-refractivity contribution in [3.05, 3.63) is 174 Å². The summed E-state index contributed by atoms with van der Waals surface area (Å²) >= 11 is 0. The highest BCUT2D eigenvalue weighted by molar-refractivity contribution is 6.10. The lowest BCUT2D eigenvalue weighted by Crippen LogP contribution is -2.04. The lowest BCUT2D eigenvalue weighted by atomic mass is 9.80. The fraction of sp³-hybridized carbons (Fsp3) is 0.120. The Kier molecular flexibility index (Phi) is 8.09. The second-order valence-electron chi connectivity index (χ2n) is 14.1. The zero-order valence-corrected chi connectivity index (χ0v) is 30.1. The largest absolute Gasteiger partial charge is 0.347 e. The molecule has 0 radical (unpaired) electrons. The summed E-state index contributed by atoms with van der Waals surface area (Å²) in [6.07, 6.45) is 16.6. The van der Waals surface area contributed by atoms with Crippen LogP contribution in [0.4, 0.5) is 0 Å². The smallest absolute Gasteiger partial charge is 0.123 e. The van der Waals surface area contributed by atoms with E-state index < -0.39 is 0 Å². The Balaban J connectivity index is 1.09. The third-order valence-electron chi connectivity index (χ3n) is 10.9. The number of hydrogen-bond acceptors (Lipinski definition) is 0. The molecule has 2 heteroatoms. The molecule has 2 nitrogen and oxygen atoms in total. The highest BCUT2D eigenvalue weighted by Gasteiger charge is 2.21. The van der Waals surface area contributed by atoms with Crippen molar-refractivity contribution in [3.8, 4) is 39.1 Å². The molecular weight excluding hydrogens is 629 g/mol. The number of fused-ring (bicyclic) bond motifs is 5. The minimum absolute atomic E-state index is 1.04. The van der Waals surface area contributed by atoms with Gasteiger partial charge < -0.3 is 4.98 Å². The van der Waals surface area contributed by atoms with Crippen LogP contribution in [0.15, 0.2) is 152 Å². The second kappa shape index (κ2) is 13.2. The molecular formula is C50H42N2. The summed E-state index contributed by atoms with van der Waals surface area (Å²) in [6, 6.07) is 44.8. The van der Waals surface area contributed by atoms with Crippen molar-refractivity contribution in [2.24, 2.45) is 0 Å². The van der Waals surface area contributed by atoms with Crippen LogP contribution in [-0.2, 0) is 6.42 Å². The first kappa shape index (κ1) is 31.8. The van der Waals surface area contributed by atoms with E-state index in [4.69, 9.17) is 0 Å². The monoisotopic (exact) mass is 670 g/mol. The lowest BCUT2D eigenvalue weighted by molar-refractivity contribution is 0.984. The molecule has 52 heavy (non-hydrogen) atoms. The summed E-state index contributed by atoms with van der Waals surface area (Å²) in [5.74, 6) is 0. The lowest BCUT2D eigenvalue weighted by Gasteiger charge is -2.24. The number of para-hydroxylation sites is 1. The predicted molar refractivity (Wildman–Crippen MR) is 224 cm³/mol. The van der Waals surface area contributed by atoms with Crippen LogP contribution in [0.25, 0.3) is 83.4 Å². The van der Waals surface area contributed by atoms with Gasteiger partial charge >= 0.3 is 0 Å². The molecule has 0 amide bonds. The van der Waals surface area contributed by atoms with E-state index in [0.717, 1.165) is 30.6 Å². The first-order chi connectivity index (χ1) is 25.6. The van der Waals surface area contributed by atoms with Gasteiger partial charge in [0.2, 0.25) is 0 Å². The van der Waals surface area contributed by atoms with Crippen molar-refractivity contribution >= 4 is 44.4 Å². The molecule has 2 heterocycles. The fourth-order valence-electron chi connectivity index (χ4n) is 8.41. The van der Waals surface area contributed by atoms with Gasteiger partial charge in [0.05, 0.1) is 5.52 Å². The maximum Gasteiger partial charge on any atom is 0.123 e. The molecule has 252 valence electrons. The van der Waals surface area contributed by atoms with Crippen molar-refractivity contribution in [3.63, 3.8) is 0 Å². The molecule has 0 saturated heterocycles. The maximum absolute atomic E-state index is 3.48. The summed E-state index contributed by atoms with van der Waals surface area (Å²) in [4.78, 5) is 3.48. The molecule has 2 aromatic heterocycles. The van der Waals surface area contributed by atoms with Gasteiger partial charge in [-0.25, -0.2) is 0 Å². The number of benzene rings is 6. The fourth-order valence-corrected chi connectivity index (χ4v) is 8.41. The Labute approximate surface area is 306 Å². The van der Waals surface area contributed by atoms with Crippen LogP contribution in [0.2, 0.25) is 0 Å². The Morgan fingerprint density at radius 2 is 1.46 bits per heavy atom. The maximum atomic E-state index is 3.48. The first-order valence-electron chi connectivity index (χ1n) is 18.6. The first-order valence-corrected chi connectivity index (χ1v) is 18.6. The molecule has 0 bridgehead atoms. The van der Waals surface area contributed by atoms with Crippen molar-refractivity contribution < 1.29 is 0 Å². The number of aromatic amines is 1.